The van der Waals surface area contributed by atoms with Crippen LogP contribution in [0.1, 0.15) is 0 Å². The number of halogens is 1. The van der Waals surface area contributed by atoms with Crippen molar-refractivity contribution in [2.24, 2.45) is 0 Å². The van der Waals surface area contributed by atoms with Gasteiger partial charge in [-0.25, -0.2) is 16.8 Å². The lowest BCUT2D eigenvalue weighted by Crippen LogP contribution is -2.22. The maximum absolute atomic E-state index is 11.5. The number of nitrogens with one attached hydrogen (secondary N) is 1. The molecule has 3 N–H and O–H groups in total. The highest BCUT2D eigenvalue weighted by Crippen LogP contribution is 2.25. The van der Waals surface area contributed by atoms with E-state index in [1.54, 1.807) is 0 Å². The molecule has 0 bridgehead atoms. The average Bonchev–Trinajstić information content (AvgIpc) is 2.05. The maximum Gasteiger partial charge on any atom is 0.247 e. The number of benzene rings is 1. The van der Waals surface area contributed by atoms with E-state index in [4.69, 9.17) is 5.73 Å². The summed E-state index contributed by atoms with van der Waals surface area (Å²) in [7, 11) is -7.55. The van der Waals surface area contributed by atoms with Gasteiger partial charge in [0.2, 0.25) is 10.0 Å². The third-order valence-electron chi connectivity index (χ3n) is 1.63. The first-order chi connectivity index (χ1) is 7.59. The van der Waals surface area contributed by atoms with Gasteiger partial charge in [-0.05, 0) is 34.1 Å². The van der Waals surface area contributed by atoms with Gasteiger partial charge in [-0.15, -0.1) is 0 Å². The largest absolute Gasteiger partial charge is 0.399 e. The second-order valence-corrected chi connectivity index (χ2v) is 8.58. The SMILES string of the molecule is CS(=O)(=O)CS(=O)(=O)Nc1ccc(N)cc1Br. The van der Waals surface area contributed by atoms with Crippen LogP contribution in [-0.4, -0.2) is 28.2 Å². The highest BCUT2D eigenvalue weighted by molar-refractivity contribution is 9.10. The van der Waals surface area contributed by atoms with Crippen LogP contribution in [0.3, 0.4) is 0 Å². The minimum absolute atomic E-state index is 0.239. The van der Waals surface area contributed by atoms with Crippen LogP contribution >= 0.6 is 15.9 Å². The number of sulfonamides is 1. The molecule has 0 unspecified atom stereocenters. The molecule has 0 heterocycles. The summed E-state index contributed by atoms with van der Waals surface area (Å²) in [5, 5.41) is -0.961. The van der Waals surface area contributed by atoms with Gasteiger partial charge in [0, 0.05) is 16.4 Å². The fraction of sp³-hybridized carbons (Fsp3) is 0.250. The van der Waals surface area contributed by atoms with Gasteiger partial charge in [0.25, 0.3) is 0 Å². The Bertz CT molecular complexity index is 625. The summed E-state index contributed by atoms with van der Waals surface area (Å²) in [6, 6.07) is 4.46. The van der Waals surface area contributed by atoms with E-state index in [0.717, 1.165) is 6.26 Å². The lowest BCUT2D eigenvalue weighted by Gasteiger charge is -2.09. The first kappa shape index (κ1) is 14.3. The lowest BCUT2D eigenvalue weighted by molar-refractivity contribution is 0.595. The van der Waals surface area contributed by atoms with Crippen LogP contribution in [0.5, 0.6) is 0 Å². The Morgan fingerprint density at radius 3 is 2.35 bits per heavy atom. The van der Waals surface area contributed by atoms with Gasteiger partial charge in [-0.3, -0.25) is 4.72 Å². The molecule has 0 spiro atoms. The highest BCUT2D eigenvalue weighted by Gasteiger charge is 2.18. The third kappa shape index (κ3) is 4.92. The maximum atomic E-state index is 11.5. The van der Waals surface area contributed by atoms with E-state index in [-0.39, 0.29) is 5.69 Å². The molecule has 6 nitrogen and oxygen atoms in total. The molecule has 0 atom stereocenters. The van der Waals surface area contributed by atoms with Gasteiger partial charge in [0.15, 0.2) is 14.9 Å². The fourth-order valence-electron chi connectivity index (χ4n) is 1.09. The molecule has 9 heteroatoms. The topological polar surface area (TPSA) is 106 Å². The van der Waals surface area contributed by atoms with Crippen LogP contribution in [0.25, 0.3) is 0 Å². The Morgan fingerprint density at radius 1 is 1.29 bits per heavy atom. The molecule has 17 heavy (non-hydrogen) atoms. The Kier molecular flexibility index (Phi) is 4.05. The van der Waals surface area contributed by atoms with E-state index in [9.17, 15) is 16.8 Å². The molecular formula is C8H11BrN2O4S2. The molecule has 0 saturated carbocycles. The van der Waals surface area contributed by atoms with Gasteiger partial charge in [0.05, 0.1) is 5.69 Å². The van der Waals surface area contributed by atoms with Crippen LogP contribution in [0.2, 0.25) is 0 Å². The predicted octanol–water partition coefficient (Wildman–Crippen LogP) is 0.775. The number of nitrogen functional groups attached to an aromatic ring is 1. The molecule has 1 rings (SSSR count). The molecule has 96 valence electrons. The molecule has 0 fully saturated rings. The van der Waals surface area contributed by atoms with E-state index >= 15 is 0 Å². The zero-order chi connectivity index (χ0) is 13.3. The summed E-state index contributed by atoms with van der Waals surface area (Å²) in [5.74, 6) is 0. The van der Waals surface area contributed by atoms with Crippen LogP contribution < -0.4 is 10.5 Å². The minimum atomic E-state index is -3.94. The van der Waals surface area contributed by atoms with Crippen LogP contribution in [0, 0.1) is 0 Å². The van der Waals surface area contributed by atoms with Crippen molar-refractivity contribution in [3.05, 3.63) is 22.7 Å². The fourth-order valence-corrected chi connectivity index (χ4v) is 4.72. The van der Waals surface area contributed by atoms with Crippen molar-refractivity contribution < 1.29 is 16.8 Å². The van der Waals surface area contributed by atoms with Crippen molar-refractivity contribution in [1.29, 1.82) is 0 Å². The smallest absolute Gasteiger partial charge is 0.247 e. The van der Waals surface area contributed by atoms with Crippen molar-refractivity contribution in [2.75, 3.05) is 21.8 Å². The quantitative estimate of drug-likeness (QED) is 0.786. The van der Waals surface area contributed by atoms with E-state index in [0.29, 0.717) is 10.2 Å². The minimum Gasteiger partial charge on any atom is -0.399 e. The Balaban J connectivity index is 2.99. The van der Waals surface area contributed by atoms with Gasteiger partial charge >= 0.3 is 0 Å². The van der Waals surface area contributed by atoms with E-state index in [1.165, 1.54) is 18.2 Å². The Labute approximate surface area is 108 Å². The molecule has 0 aromatic heterocycles. The number of sulfone groups is 1. The van der Waals surface area contributed by atoms with E-state index < -0.39 is 24.9 Å². The molecule has 1 aromatic carbocycles. The number of anilines is 2. The van der Waals surface area contributed by atoms with Crippen molar-refractivity contribution in [3.8, 4) is 0 Å². The molecule has 0 radical (unpaired) electrons. The molecule has 1 aromatic rings. The zero-order valence-electron chi connectivity index (χ0n) is 8.84. The Hall–Kier alpha value is -0.800. The second kappa shape index (κ2) is 4.83. The number of hydrogen-bond acceptors (Lipinski definition) is 5. The van der Waals surface area contributed by atoms with Crippen molar-refractivity contribution >= 4 is 47.2 Å². The van der Waals surface area contributed by atoms with Gasteiger partial charge in [0.1, 0.15) is 0 Å². The van der Waals surface area contributed by atoms with Crippen molar-refractivity contribution in [2.45, 2.75) is 0 Å². The lowest BCUT2D eigenvalue weighted by atomic mass is 10.3. The van der Waals surface area contributed by atoms with E-state index in [1.807, 2.05) is 0 Å². The third-order valence-corrected chi connectivity index (χ3v) is 5.77. The predicted molar refractivity (Wildman–Crippen MR) is 70.8 cm³/mol. The normalized spacial score (nSPS) is 12.4. The standard InChI is InChI=1S/C8H11BrN2O4S2/c1-16(12,13)5-17(14,15)11-8-3-2-6(10)4-7(8)9/h2-4,11H,5,10H2,1H3. The molecule has 0 aliphatic heterocycles. The molecular weight excluding hydrogens is 332 g/mol. The summed E-state index contributed by atoms with van der Waals surface area (Å²) >= 11 is 3.12. The summed E-state index contributed by atoms with van der Waals surface area (Å²) in [5.41, 5.74) is 6.19. The summed E-state index contributed by atoms with van der Waals surface area (Å²) in [4.78, 5) is 0. The number of nitrogens with two attached hydrogens (primary N) is 1. The van der Waals surface area contributed by atoms with Crippen LogP contribution in [0.4, 0.5) is 11.4 Å². The average molecular weight is 343 g/mol. The molecule has 0 saturated heterocycles. The molecule has 0 amide bonds. The molecule has 0 aliphatic carbocycles. The van der Waals surface area contributed by atoms with Crippen LogP contribution in [-0.2, 0) is 19.9 Å². The first-order valence-electron chi connectivity index (χ1n) is 4.32. The number of rotatable bonds is 4. The first-order valence-corrected chi connectivity index (χ1v) is 8.83. The van der Waals surface area contributed by atoms with Gasteiger partial charge in [-0.1, -0.05) is 0 Å². The summed E-state index contributed by atoms with van der Waals surface area (Å²) in [6.45, 7) is 0. The monoisotopic (exact) mass is 342 g/mol. The van der Waals surface area contributed by atoms with Gasteiger partial charge < -0.3 is 5.73 Å². The highest BCUT2D eigenvalue weighted by atomic mass is 79.9. The molecule has 0 aliphatic rings. The Morgan fingerprint density at radius 2 is 1.88 bits per heavy atom. The van der Waals surface area contributed by atoms with E-state index in [2.05, 4.69) is 20.7 Å². The zero-order valence-corrected chi connectivity index (χ0v) is 12.1. The van der Waals surface area contributed by atoms with Gasteiger partial charge in [-0.2, -0.15) is 0 Å². The summed E-state index contributed by atoms with van der Waals surface area (Å²) in [6.07, 6.45) is 0.851. The number of hydrogen-bond donors (Lipinski definition) is 2. The van der Waals surface area contributed by atoms with Crippen LogP contribution in [0.15, 0.2) is 22.7 Å². The summed E-state index contributed by atoms with van der Waals surface area (Å²) < 4.78 is 47.5. The second-order valence-electron chi connectivity index (χ2n) is 3.50. The van der Waals surface area contributed by atoms with Crippen molar-refractivity contribution in [1.82, 2.24) is 0 Å². The van der Waals surface area contributed by atoms with Crippen molar-refractivity contribution in [3.63, 3.8) is 0 Å².